The van der Waals surface area contributed by atoms with E-state index in [-0.39, 0.29) is 0 Å². The number of benzene rings is 1. The summed E-state index contributed by atoms with van der Waals surface area (Å²) in [5.74, 6) is 1.38. The van der Waals surface area contributed by atoms with E-state index in [2.05, 4.69) is 33.9 Å². The van der Waals surface area contributed by atoms with Gasteiger partial charge in [-0.05, 0) is 17.7 Å². The van der Waals surface area contributed by atoms with Gasteiger partial charge in [0.25, 0.3) is 0 Å². The van der Waals surface area contributed by atoms with Crippen molar-refractivity contribution in [1.29, 1.82) is 5.26 Å². The highest BCUT2D eigenvalue weighted by Crippen LogP contribution is 2.38. The lowest BCUT2D eigenvalue weighted by Crippen LogP contribution is -2.05. The Balaban J connectivity index is 1.88. The van der Waals surface area contributed by atoms with Gasteiger partial charge in [-0.3, -0.25) is 4.98 Å². The molecule has 0 bridgehead atoms. The van der Waals surface area contributed by atoms with Crippen LogP contribution < -0.4 is 5.32 Å². The van der Waals surface area contributed by atoms with Crippen molar-refractivity contribution in [3.63, 3.8) is 0 Å². The SMILES string of the molecule is N#CCCNc1nc(-c2cccnc2)nc2scc(-c3ccccc3)c12. The molecule has 4 aromatic rings. The molecule has 3 heterocycles. The van der Waals surface area contributed by atoms with Crippen LogP contribution in [0.4, 0.5) is 5.82 Å². The lowest BCUT2D eigenvalue weighted by molar-refractivity contribution is 1.06. The van der Waals surface area contributed by atoms with Crippen LogP contribution in [0.3, 0.4) is 0 Å². The standard InChI is InChI=1S/C20H15N5S/c21-9-5-11-23-19-17-16(14-6-2-1-3-7-14)13-26-20(17)25-18(24-19)15-8-4-10-22-12-15/h1-4,6-8,10,12-13H,5,11H2,(H,23,24,25). The van der Waals surface area contributed by atoms with E-state index in [0.717, 1.165) is 32.7 Å². The Morgan fingerprint density at radius 1 is 1.04 bits per heavy atom. The predicted molar refractivity (Wildman–Crippen MR) is 105 cm³/mol. The lowest BCUT2D eigenvalue weighted by atomic mass is 10.1. The molecule has 0 fully saturated rings. The van der Waals surface area contributed by atoms with Crippen LogP contribution in [-0.2, 0) is 0 Å². The minimum absolute atomic E-state index is 0.415. The normalized spacial score (nSPS) is 10.6. The Morgan fingerprint density at radius 2 is 1.88 bits per heavy atom. The maximum Gasteiger partial charge on any atom is 0.164 e. The van der Waals surface area contributed by atoms with Crippen molar-refractivity contribution in [1.82, 2.24) is 15.0 Å². The molecule has 6 heteroatoms. The van der Waals surface area contributed by atoms with Gasteiger partial charge < -0.3 is 5.32 Å². The van der Waals surface area contributed by atoms with Gasteiger partial charge in [-0.1, -0.05) is 30.3 Å². The van der Waals surface area contributed by atoms with Crippen molar-refractivity contribution in [2.75, 3.05) is 11.9 Å². The molecule has 0 atom stereocenters. The van der Waals surface area contributed by atoms with E-state index in [4.69, 9.17) is 15.2 Å². The number of nitrogens with one attached hydrogen (secondary N) is 1. The minimum atomic E-state index is 0.415. The fourth-order valence-electron chi connectivity index (χ4n) is 2.76. The summed E-state index contributed by atoms with van der Waals surface area (Å²) in [7, 11) is 0. The monoisotopic (exact) mass is 357 g/mol. The van der Waals surface area contributed by atoms with Crippen LogP contribution in [0.5, 0.6) is 0 Å². The molecule has 0 saturated carbocycles. The average molecular weight is 357 g/mol. The van der Waals surface area contributed by atoms with Gasteiger partial charge in [0.05, 0.1) is 17.9 Å². The Hall–Kier alpha value is -3.30. The van der Waals surface area contributed by atoms with Crippen molar-refractivity contribution in [2.45, 2.75) is 6.42 Å². The molecule has 4 rings (SSSR count). The number of fused-ring (bicyclic) bond motifs is 1. The minimum Gasteiger partial charge on any atom is -0.368 e. The van der Waals surface area contributed by atoms with Crippen LogP contribution in [0.1, 0.15) is 6.42 Å². The largest absolute Gasteiger partial charge is 0.368 e. The van der Waals surface area contributed by atoms with Crippen LogP contribution in [0.15, 0.2) is 60.2 Å². The van der Waals surface area contributed by atoms with Gasteiger partial charge in [-0.2, -0.15) is 5.26 Å². The van der Waals surface area contributed by atoms with Gasteiger partial charge in [-0.25, -0.2) is 9.97 Å². The molecule has 1 aromatic carbocycles. The molecule has 0 aliphatic rings. The Morgan fingerprint density at radius 3 is 2.65 bits per heavy atom. The van der Waals surface area contributed by atoms with E-state index >= 15 is 0 Å². The van der Waals surface area contributed by atoms with Crippen molar-refractivity contribution < 1.29 is 0 Å². The molecule has 0 saturated heterocycles. The highest BCUT2D eigenvalue weighted by molar-refractivity contribution is 7.17. The third-order valence-corrected chi connectivity index (χ3v) is 4.84. The van der Waals surface area contributed by atoms with E-state index in [9.17, 15) is 0 Å². The van der Waals surface area contributed by atoms with Crippen molar-refractivity contribution in [3.05, 3.63) is 60.2 Å². The lowest BCUT2D eigenvalue weighted by Gasteiger charge is -2.09. The summed E-state index contributed by atoms with van der Waals surface area (Å²) in [5.41, 5.74) is 3.09. The predicted octanol–water partition coefficient (Wildman–Crippen LogP) is 4.75. The fourth-order valence-corrected chi connectivity index (χ4v) is 3.71. The molecule has 5 nitrogen and oxygen atoms in total. The van der Waals surface area contributed by atoms with Crippen LogP contribution in [-0.4, -0.2) is 21.5 Å². The number of anilines is 1. The number of hydrogen-bond donors (Lipinski definition) is 1. The van der Waals surface area contributed by atoms with Crippen LogP contribution >= 0.6 is 11.3 Å². The molecule has 1 N–H and O–H groups in total. The zero-order valence-corrected chi connectivity index (χ0v) is 14.7. The van der Waals surface area contributed by atoms with Crippen molar-refractivity contribution in [2.24, 2.45) is 0 Å². The maximum atomic E-state index is 8.85. The fraction of sp³-hybridized carbons (Fsp3) is 0.100. The van der Waals surface area contributed by atoms with Crippen molar-refractivity contribution >= 4 is 27.4 Å². The first-order chi connectivity index (χ1) is 12.9. The molecule has 26 heavy (non-hydrogen) atoms. The Bertz CT molecular complexity index is 1070. The molecular weight excluding hydrogens is 342 g/mol. The van der Waals surface area contributed by atoms with Crippen LogP contribution in [0.25, 0.3) is 32.7 Å². The van der Waals surface area contributed by atoms with Gasteiger partial charge >= 0.3 is 0 Å². The number of pyridine rings is 1. The second-order valence-electron chi connectivity index (χ2n) is 5.67. The number of hydrogen-bond acceptors (Lipinski definition) is 6. The molecule has 0 amide bonds. The second-order valence-corrected chi connectivity index (χ2v) is 6.53. The number of thiophene rings is 1. The van der Waals surface area contributed by atoms with E-state index in [1.54, 1.807) is 23.7 Å². The molecular formula is C20H15N5S. The second kappa shape index (κ2) is 7.30. The van der Waals surface area contributed by atoms with Gasteiger partial charge in [-0.15, -0.1) is 11.3 Å². The van der Waals surface area contributed by atoms with Gasteiger partial charge in [0.2, 0.25) is 0 Å². The zero-order chi connectivity index (χ0) is 17.8. The van der Waals surface area contributed by atoms with Crippen molar-refractivity contribution in [3.8, 4) is 28.6 Å². The third-order valence-electron chi connectivity index (χ3n) is 3.97. The van der Waals surface area contributed by atoms with Crippen LogP contribution in [0.2, 0.25) is 0 Å². The highest BCUT2D eigenvalue weighted by atomic mass is 32.1. The first kappa shape index (κ1) is 16.2. The molecule has 0 radical (unpaired) electrons. The van der Waals surface area contributed by atoms with Crippen LogP contribution in [0, 0.1) is 11.3 Å². The summed E-state index contributed by atoms with van der Waals surface area (Å²) in [6.45, 7) is 0.541. The van der Waals surface area contributed by atoms with E-state index in [1.807, 2.05) is 30.3 Å². The molecule has 3 aromatic heterocycles. The summed E-state index contributed by atoms with van der Waals surface area (Å²) in [5, 5.41) is 15.3. The molecule has 0 unspecified atom stereocenters. The van der Waals surface area contributed by atoms with E-state index in [1.165, 1.54) is 0 Å². The van der Waals surface area contributed by atoms with E-state index in [0.29, 0.717) is 18.8 Å². The quantitative estimate of drug-likeness (QED) is 0.522. The summed E-state index contributed by atoms with van der Waals surface area (Å²) in [4.78, 5) is 14.6. The third kappa shape index (κ3) is 3.13. The first-order valence-corrected chi connectivity index (χ1v) is 9.10. The summed E-state index contributed by atoms with van der Waals surface area (Å²) in [6.07, 6.45) is 3.90. The van der Waals surface area contributed by atoms with Gasteiger partial charge in [0.1, 0.15) is 10.6 Å². The molecule has 126 valence electrons. The molecule has 0 spiro atoms. The number of aromatic nitrogens is 3. The topological polar surface area (TPSA) is 74.5 Å². The summed E-state index contributed by atoms with van der Waals surface area (Å²) < 4.78 is 0. The molecule has 0 aliphatic carbocycles. The van der Waals surface area contributed by atoms with Gasteiger partial charge in [0, 0.05) is 35.4 Å². The maximum absolute atomic E-state index is 8.85. The summed E-state index contributed by atoms with van der Waals surface area (Å²) in [6, 6.07) is 16.2. The van der Waals surface area contributed by atoms with Gasteiger partial charge in [0.15, 0.2) is 5.82 Å². The smallest absolute Gasteiger partial charge is 0.164 e. The number of nitriles is 1. The Labute approximate surface area is 155 Å². The molecule has 0 aliphatic heterocycles. The van der Waals surface area contributed by atoms with E-state index < -0.39 is 0 Å². The Kier molecular flexibility index (Phi) is 4.54. The first-order valence-electron chi connectivity index (χ1n) is 8.22. The average Bonchev–Trinajstić information content (AvgIpc) is 3.14. The number of nitrogens with zero attached hydrogens (tertiary/aromatic N) is 4. The zero-order valence-electron chi connectivity index (χ0n) is 13.9. The summed E-state index contributed by atoms with van der Waals surface area (Å²) >= 11 is 1.59. The highest BCUT2D eigenvalue weighted by Gasteiger charge is 2.16. The number of rotatable bonds is 5.